The maximum atomic E-state index is 11.1. The largest absolute Gasteiger partial charge is 0.490 e. The second-order valence-corrected chi connectivity index (χ2v) is 4.49. The number of hydrogen-bond donors (Lipinski definition) is 1. The van der Waals surface area contributed by atoms with E-state index in [0.29, 0.717) is 24.7 Å². The molecule has 0 saturated carbocycles. The molecule has 1 N–H and O–H groups in total. The van der Waals surface area contributed by atoms with Crippen LogP contribution in [0.2, 0.25) is 0 Å². The molecule has 0 heterocycles. The molecule has 0 aromatic heterocycles. The monoisotopic (exact) mass is 283 g/mol. The zero-order chi connectivity index (χ0) is 15.1. The van der Waals surface area contributed by atoms with Gasteiger partial charge in [0.05, 0.1) is 35.9 Å². The Labute approximate surface area is 118 Å². The number of nitro groups is 1. The van der Waals surface area contributed by atoms with Crippen LogP contribution in [0.3, 0.4) is 0 Å². The number of nitro benzene ring substituents is 1. The zero-order valence-electron chi connectivity index (χ0n) is 12.1. The molecule has 1 unspecified atom stereocenters. The fraction of sp³-hybridized carbons (Fsp3) is 0.571. The highest BCUT2D eigenvalue weighted by Gasteiger charge is 2.22. The lowest BCUT2D eigenvalue weighted by atomic mass is 10.1. The topological polar surface area (TPSA) is 81.8 Å². The molecule has 20 heavy (non-hydrogen) atoms. The van der Waals surface area contributed by atoms with Crippen LogP contribution in [0.15, 0.2) is 12.1 Å². The predicted octanol–water partition coefficient (Wildman–Crippen LogP) is 3.23. The van der Waals surface area contributed by atoms with Crippen LogP contribution < -0.4 is 9.47 Å². The fourth-order valence-corrected chi connectivity index (χ4v) is 1.71. The van der Waals surface area contributed by atoms with E-state index in [1.165, 1.54) is 19.1 Å². The Morgan fingerprint density at radius 3 is 2.10 bits per heavy atom. The summed E-state index contributed by atoms with van der Waals surface area (Å²) in [5.41, 5.74) is 0.0694. The summed E-state index contributed by atoms with van der Waals surface area (Å²) in [4.78, 5) is 10.6. The van der Waals surface area contributed by atoms with Crippen molar-refractivity contribution < 1.29 is 19.5 Å². The predicted molar refractivity (Wildman–Crippen MR) is 75.3 cm³/mol. The lowest BCUT2D eigenvalue weighted by Crippen LogP contribution is -2.05. The molecule has 0 aliphatic carbocycles. The van der Waals surface area contributed by atoms with E-state index >= 15 is 0 Å². The molecule has 0 radical (unpaired) electrons. The molecule has 0 saturated heterocycles. The van der Waals surface area contributed by atoms with Crippen LogP contribution in [0, 0.1) is 10.1 Å². The van der Waals surface area contributed by atoms with Crippen molar-refractivity contribution in [2.45, 2.75) is 39.7 Å². The minimum absolute atomic E-state index is 0.157. The van der Waals surface area contributed by atoms with Gasteiger partial charge in [-0.15, -0.1) is 0 Å². The summed E-state index contributed by atoms with van der Waals surface area (Å²) in [6.07, 6.45) is 0.660. The number of rotatable bonds is 8. The Bertz CT molecular complexity index is 459. The van der Waals surface area contributed by atoms with Crippen molar-refractivity contribution in [1.82, 2.24) is 0 Å². The lowest BCUT2D eigenvalue weighted by Gasteiger charge is -2.15. The molecule has 112 valence electrons. The van der Waals surface area contributed by atoms with Gasteiger partial charge in [-0.05, 0) is 25.8 Å². The normalized spacial score (nSPS) is 12.0. The van der Waals surface area contributed by atoms with Crippen LogP contribution in [-0.2, 0) is 0 Å². The summed E-state index contributed by atoms with van der Waals surface area (Å²) in [5, 5.41) is 20.7. The second kappa shape index (κ2) is 7.69. The molecule has 1 atom stereocenters. The number of hydrogen-bond acceptors (Lipinski definition) is 5. The maximum Gasteiger partial charge on any atom is 0.279 e. The molecule has 0 amide bonds. The van der Waals surface area contributed by atoms with Crippen molar-refractivity contribution >= 4 is 5.69 Å². The van der Waals surface area contributed by atoms with Crippen molar-refractivity contribution in [3.63, 3.8) is 0 Å². The van der Waals surface area contributed by atoms with Gasteiger partial charge >= 0.3 is 0 Å². The first kappa shape index (κ1) is 16.2. The molecule has 6 heteroatoms. The van der Waals surface area contributed by atoms with Crippen LogP contribution in [0.4, 0.5) is 5.69 Å². The molecular formula is C14H21NO5. The standard InChI is InChI=1S/C14H21NO5/c1-4-6-19-13-8-11(10(3)16)12(15(17)18)9-14(13)20-7-5-2/h8-10,16H,4-7H2,1-3H3. The Morgan fingerprint density at radius 1 is 1.20 bits per heavy atom. The smallest absolute Gasteiger partial charge is 0.279 e. The quantitative estimate of drug-likeness (QED) is 0.585. The van der Waals surface area contributed by atoms with E-state index in [2.05, 4.69) is 0 Å². The van der Waals surface area contributed by atoms with Gasteiger partial charge in [-0.1, -0.05) is 13.8 Å². The molecule has 1 aromatic carbocycles. The van der Waals surface area contributed by atoms with Gasteiger partial charge in [0.2, 0.25) is 0 Å². The molecule has 0 fully saturated rings. The SMILES string of the molecule is CCCOc1cc(C(C)O)c([N+](=O)[O-])cc1OCCC. The van der Waals surface area contributed by atoms with Gasteiger partial charge in [-0.2, -0.15) is 0 Å². The van der Waals surface area contributed by atoms with Gasteiger partial charge in [0.15, 0.2) is 11.5 Å². The molecule has 0 spiro atoms. The third-order valence-electron chi connectivity index (χ3n) is 2.66. The molecule has 6 nitrogen and oxygen atoms in total. The van der Waals surface area contributed by atoms with Gasteiger partial charge in [-0.3, -0.25) is 10.1 Å². The van der Waals surface area contributed by atoms with Gasteiger partial charge < -0.3 is 14.6 Å². The van der Waals surface area contributed by atoms with Gasteiger partial charge in [0.25, 0.3) is 5.69 Å². The van der Waals surface area contributed by atoms with E-state index in [4.69, 9.17) is 9.47 Å². The Kier molecular flexibility index (Phi) is 6.24. The van der Waals surface area contributed by atoms with E-state index in [9.17, 15) is 15.2 Å². The van der Waals surface area contributed by atoms with Gasteiger partial charge in [0.1, 0.15) is 0 Å². The van der Waals surface area contributed by atoms with E-state index in [0.717, 1.165) is 12.8 Å². The van der Waals surface area contributed by atoms with E-state index < -0.39 is 11.0 Å². The summed E-state index contributed by atoms with van der Waals surface area (Å²) >= 11 is 0. The third-order valence-corrected chi connectivity index (χ3v) is 2.66. The van der Waals surface area contributed by atoms with Crippen LogP contribution in [0.1, 0.15) is 45.3 Å². The highest BCUT2D eigenvalue weighted by molar-refractivity contribution is 5.55. The first-order chi connectivity index (χ1) is 9.51. The minimum Gasteiger partial charge on any atom is -0.490 e. The number of nitrogens with zero attached hydrogens (tertiary/aromatic N) is 1. The third kappa shape index (κ3) is 4.09. The van der Waals surface area contributed by atoms with E-state index in [-0.39, 0.29) is 11.3 Å². The molecular weight excluding hydrogens is 262 g/mol. The first-order valence-corrected chi connectivity index (χ1v) is 6.77. The second-order valence-electron chi connectivity index (χ2n) is 4.49. The van der Waals surface area contributed by atoms with Crippen LogP contribution in [0.5, 0.6) is 11.5 Å². The van der Waals surface area contributed by atoms with Crippen LogP contribution >= 0.6 is 0 Å². The molecule has 0 bridgehead atoms. The highest BCUT2D eigenvalue weighted by Crippen LogP contribution is 2.37. The summed E-state index contributed by atoms with van der Waals surface area (Å²) in [7, 11) is 0. The lowest BCUT2D eigenvalue weighted by molar-refractivity contribution is -0.386. The number of ether oxygens (including phenoxy) is 2. The number of aliphatic hydroxyl groups excluding tert-OH is 1. The van der Waals surface area contributed by atoms with Gasteiger partial charge in [-0.25, -0.2) is 0 Å². The molecule has 0 aliphatic rings. The Hall–Kier alpha value is -1.82. The summed E-state index contributed by atoms with van der Waals surface area (Å²) in [5.74, 6) is 0.776. The average Bonchev–Trinajstić information content (AvgIpc) is 2.42. The van der Waals surface area contributed by atoms with E-state index in [1.807, 2.05) is 13.8 Å². The van der Waals surface area contributed by atoms with Crippen molar-refractivity contribution in [3.05, 3.63) is 27.8 Å². The van der Waals surface area contributed by atoms with Crippen LogP contribution in [0.25, 0.3) is 0 Å². The zero-order valence-corrected chi connectivity index (χ0v) is 12.1. The molecule has 1 aromatic rings. The summed E-state index contributed by atoms with van der Waals surface area (Å²) < 4.78 is 11.0. The minimum atomic E-state index is -0.945. The Morgan fingerprint density at radius 2 is 1.70 bits per heavy atom. The molecule has 1 rings (SSSR count). The highest BCUT2D eigenvalue weighted by atomic mass is 16.6. The van der Waals surface area contributed by atoms with Crippen molar-refractivity contribution in [2.24, 2.45) is 0 Å². The van der Waals surface area contributed by atoms with Crippen molar-refractivity contribution in [2.75, 3.05) is 13.2 Å². The summed E-state index contributed by atoms with van der Waals surface area (Å²) in [6.45, 7) is 6.34. The average molecular weight is 283 g/mol. The van der Waals surface area contributed by atoms with Gasteiger partial charge in [0, 0.05) is 0 Å². The van der Waals surface area contributed by atoms with Crippen molar-refractivity contribution in [1.29, 1.82) is 0 Å². The number of benzene rings is 1. The molecule has 0 aliphatic heterocycles. The maximum absolute atomic E-state index is 11.1. The van der Waals surface area contributed by atoms with E-state index in [1.54, 1.807) is 0 Å². The summed E-state index contributed by atoms with van der Waals surface area (Å²) in [6, 6.07) is 2.81. The van der Waals surface area contributed by atoms with Crippen molar-refractivity contribution in [3.8, 4) is 11.5 Å². The van der Waals surface area contributed by atoms with Crippen LogP contribution in [-0.4, -0.2) is 23.2 Å². The number of aliphatic hydroxyl groups is 1. The fourth-order valence-electron chi connectivity index (χ4n) is 1.71. The first-order valence-electron chi connectivity index (χ1n) is 6.77. The Balaban J connectivity index is 3.23.